The molecule has 0 bridgehead atoms. The molecule has 2 rings (SSSR count). The Morgan fingerprint density at radius 2 is 1.91 bits per heavy atom. The number of nitrogens with two attached hydrogens (primary N) is 2. The van der Waals surface area contributed by atoms with Crippen molar-refractivity contribution in [3.63, 3.8) is 0 Å². The molecule has 6 nitrogen and oxygen atoms in total. The molecular weight excluding hydrogens is 280 g/mol. The fraction of sp³-hybridized carbons (Fsp3) is 0.0625. The van der Waals surface area contributed by atoms with Gasteiger partial charge < -0.3 is 10.7 Å². The molecule has 0 fully saturated rings. The van der Waals surface area contributed by atoms with Gasteiger partial charge in [-0.2, -0.15) is 0 Å². The van der Waals surface area contributed by atoms with Crippen molar-refractivity contribution in [1.82, 2.24) is 5.01 Å². The van der Waals surface area contributed by atoms with E-state index >= 15 is 0 Å². The maximum Gasteiger partial charge on any atom is 0.152 e. The highest BCUT2D eigenvalue weighted by atomic mass is 16.3. The van der Waals surface area contributed by atoms with Crippen molar-refractivity contribution in [3.05, 3.63) is 76.3 Å². The lowest BCUT2D eigenvalue weighted by atomic mass is 10.1. The summed E-state index contributed by atoms with van der Waals surface area (Å²) in [4.78, 5) is 21.5. The fourth-order valence-corrected chi connectivity index (χ4v) is 2.00. The van der Waals surface area contributed by atoms with Gasteiger partial charge in [0.15, 0.2) is 6.29 Å². The molecule has 22 heavy (non-hydrogen) atoms. The van der Waals surface area contributed by atoms with Gasteiger partial charge in [0.05, 0.1) is 12.2 Å². The zero-order valence-corrected chi connectivity index (χ0v) is 11.8. The highest BCUT2D eigenvalue weighted by Crippen LogP contribution is 2.21. The van der Waals surface area contributed by atoms with Crippen LogP contribution in [-0.4, -0.2) is 11.3 Å². The standard InChI is InChI=1S/C16H16N4O2/c17-15(10-20(18)9-12-4-2-1-3-5-12)13-6-7-16(19-22)14(8-13)11-21/h1-8,10-11H,9,17-18H2/b15-10-. The van der Waals surface area contributed by atoms with E-state index in [0.717, 1.165) is 5.56 Å². The number of hydrogen-bond acceptors (Lipinski definition) is 6. The Labute approximate surface area is 128 Å². The molecule has 0 aromatic heterocycles. The first-order valence-electron chi connectivity index (χ1n) is 6.59. The Kier molecular flexibility index (Phi) is 5.00. The second-order valence-electron chi connectivity index (χ2n) is 4.73. The third kappa shape index (κ3) is 3.77. The van der Waals surface area contributed by atoms with Gasteiger partial charge in [-0.25, -0.2) is 5.84 Å². The first-order chi connectivity index (χ1) is 10.6. The van der Waals surface area contributed by atoms with Crippen molar-refractivity contribution in [2.24, 2.45) is 16.8 Å². The molecule has 0 radical (unpaired) electrons. The van der Waals surface area contributed by atoms with Gasteiger partial charge in [-0.15, -0.1) is 4.91 Å². The second-order valence-corrected chi connectivity index (χ2v) is 4.73. The molecule has 0 spiro atoms. The Bertz CT molecular complexity index is 699. The van der Waals surface area contributed by atoms with E-state index in [0.29, 0.717) is 24.1 Å². The normalized spacial score (nSPS) is 11.0. The third-order valence-electron chi connectivity index (χ3n) is 3.10. The predicted molar refractivity (Wildman–Crippen MR) is 85.6 cm³/mol. The molecule has 0 aliphatic carbocycles. The van der Waals surface area contributed by atoms with Crippen LogP contribution in [-0.2, 0) is 6.54 Å². The number of aldehydes is 1. The largest absolute Gasteiger partial charge is 0.397 e. The van der Waals surface area contributed by atoms with E-state index in [1.807, 2.05) is 30.3 Å². The topological polar surface area (TPSA) is 102 Å². The van der Waals surface area contributed by atoms with E-state index in [2.05, 4.69) is 5.18 Å². The van der Waals surface area contributed by atoms with E-state index in [9.17, 15) is 9.70 Å². The lowest BCUT2D eigenvalue weighted by Gasteiger charge is -2.15. The summed E-state index contributed by atoms with van der Waals surface area (Å²) in [5.41, 5.74) is 8.28. The van der Waals surface area contributed by atoms with E-state index in [1.54, 1.807) is 12.3 Å². The molecular formula is C16H16N4O2. The molecule has 0 aliphatic heterocycles. The number of carbonyl (C=O) groups excluding carboxylic acids is 1. The summed E-state index contributed by atoms with van der Waals surface area (Å²) in [6, 6.07) is 14.3. The van der Waals surface area contributed by atoms with Crippen molar-refractivity contribution in [3.8, 4) is 0 Å². The van der Waals surface area contributed by atoms with Gasteiger partial charge >= 0.3 is 0 Å². The van der Waals surface area contributed by atoms with Crippen LogP contribution < -0.4 is 11.6 Å². The van der Waals surface area contributed by atoms with E-state index < -0.39 is 0 Å². The quantitative estimate of drug-likeness (QED) is 0.369. The van der Waals surface area contributed by atoms with Gasteiger partial charge in [0.1, 0.15) is 5.69 Å². The van der Waals surface area contributed by atoms with Gasteiger partial charge in [0, 0.05) is 11.8 Å². The molecule has 2 aromatic rings. The van der Waals surface area contributed by atoms with Gasteiger partial charge in [-0.1, -0.05) is 36.4 Å². The monoisotopic (exact) mass is 296 g/mol. The van der Waals surface area contributed by atoms with Crippen LogP contribution in [0, 0.1) is 4.91 Å². The Hall–Kier alpha value is -2.99. The summed E-state index contributed by atoms with van der Waals surface area (Å²) < 4.78 is 0. The number of nitrogens with zero attached hydrogens (tertiary/aromatic N) is 2. The summed E-state index contributed by atoms with van der Waals surface area (Å²) in [5.74, 6) is 5.91. The molecule has 0 saturated carbocycles. The molecule has 2 aromatic carbocycles. The minimum atomic E-state index is 0.0837. The molecule has 112 valence electrons. The first-order valence-corrected chi connectivity index (χ1v) is 6.59. The summed E-state index contributed by atoms with van der Waals surface area (Å²) in [5, 5.41) is 4.24. The molecule has 0 aliphatic rings. The zero-order chi connectivity index (χ0) is 15.9. The van der Waals surface area contributed by atoms with Crippen LogP contribution in [0.25, 0.3) is 5.70 Å². The van der Waals surface area contributed by atoms with Crippen LogP contribution in [0.1, 0.15) is 21.5 Å². The highest BCUT2D eigenvalue weighted by molar-refractivity contribution is 5.85. The summed E-state index contributed by atoms with van der Waals surface area (Å²) in [7, 11) is 0. The zero-order valence-electron chi connectivity index (χ0n) is 11.8. The van der Waals surface area contributed by atoms with Crippen molar-refractivity contribution >= 4 is 17.7 Å². The number of rotatable bonds is 6. The number of hydrogen-bond donors (Lipinski definition) is 2. The van der Waals surface area contributed by atoms with E-state index in [4.69, 9.17) is 11.6 Å². The molecule has 0 amide bonds. The maximum atomic E-state index is 10.9. The fourth-order valence-electron chi connectivity index (χ4n) is 2.00. The summed E-state index contributed by atoms with van der Waals surface area (Å²) >= 11 is 0. The summed E-state index contributed by atoms with van der Waals surface area (Å²) in [6.07, 6.45) is 2.14. The van der Waals surface area contributed by atoms with E-state index in [1.165, 1.54) is 17.1 Å². The van der Waals surface area contributed by atoms with Crippen LogP contribution in [0.3, 0.4) is 0 Å². The van der Waals surface area contributed by atoms with Gasteiger partial charge in [-0.3, -0.25) is 4.79 Å². The molecule has 0 heterocycles. The highest BCUT2D eigenvalue weighted by Gasteiger charge is 2.06. The first kappa shape index (κ1) is 15.4. The van der Waals surface area contributed by atoms with E-state index in [-0.39, 0.29) is 11.3 Å². The van der Waals surface area contributed by atoms with Gasteiger partial charge in [-0.05, 0) is 28.4 Å². The van der Waals surface area contributed by atoms with Crippen LogP contribution in [0.4, 0.5) is 5.69 Å². The molecule has 0 saturated heterocycles. The third-order valence-corrected chi connectivity index (χ3v) is 3.10. The molecule has 0 atom stereocenters. The average Bonchev–Trinajstić information content (AvgIpc) is 2.54. The minimum absolute atomic E-state index is 0.0837. The SMILES string of the molecule is N/C(=C\N(N)Cc1ccccc1)c1ccc(N=O)c(C=O)c1. The number of nitroso groups, excluding NO2 is 1. The van der Waals surface area contributed by atoms with Crippen LogP contribution in [0.2, 0.25) is 0 Å². The second kappa shape index (κ2) is 7.14. The van der Waals surface area contributed by atoms with Crippen LogP contribution in [0.5, 0.6) is 0 Å². The number of benzene rings is 2. The number of carbonyl (C=O) groups is 1. The Morgan fingerprint density at radius 1 is 1.18 bits per heavy atom. The lowest BCUT2D eigenvalue weighted by Crippen LogP contribution is -2.25. The lowest BCUT2D eigenvalue weighted by molar-refractivity contribution is 0.112. The van der Waals surface area contributed by atoms with Crippen LogP contribution in [0.15, 0.2) is 59.9 Å². The smallest absolute Gasteiger partial charge is 0.152 e. The Balaban J connectivity index is 2.17. The minimum Gasteiger partial charge on any atom is -0.397 e. The van der Waals surface area contributed by atoms with Crippen molar-refractivity contribution in [2.75, 3.05) is 0 Å². The van der Waals surface area contributed by atoms with Crippen LogP contribution >= 0.6 is 0 Å². The van der Waals surface area contributed by atoms with Crippen molar-refractivity contribution in [2.45, 2.75) is 6.54 Å². The van der Waals surface area contributed by atoms with Gasteiger partial charge in [0.2, 0.25) is 0 Å². The predicted octanol–water partition coefficient (Wildman–Crippen LogP) is 2.53. The van der Waals surface area contributed by atoms with Crippen molar-refractivity contribution in [1.29, 1.82) is 0 Å². The molecule has 6 heteroatoms. The summed E-state index contributed by atoms with van der Waals surface area (Å²) in [6.45, 7) is 0.496. The number of hydrazine groups is 1. The Morgan fingerprint density at radius 3 is 2.55 bits per heavy atom. The van der Waals surface area contributed by atoms with Crippen molar-refractivity contribution < 1.29 is 4.79 Å². The maximum absolute atomic E-state index is 10.9. The average molecular weight is 296 g/mol. The molecule has 4 N–H and O–H groups in total. The van der Waals surface area contributed by atoms with Gasteiger partial charge in [0.25, 0.3) is 0 Å². The molecule has 0 unspecified atom stereocenters.